The van der Waals surface area contributed by atoms with Gasteiger partial charge in [0.05, 0.1) is 19.4 Å². The van der Waals surface area contributed by atoms with Gasteiger partial charge in [0.2, 0.25) is 0 Å². The second kappa shape index (κ2) is 9.79. The largest absolute Gasteiger partial charge is 0.497 e. The molecule has 6 heteroatoms. The van der Waals surface area contributed by atoms with Crippen LogP contribution in [0.4, 0.5) is 11.4 Å². The van der Waals surface area contributed by atoms with Crippen LogP contribution in [0.1, 0.15) is 22.3 Å². The molecule has 0 fully saturated rings. The number of anilines is 2. The molecular formula is C25H26N2O3S. The number of carbonyl (C=O) groups is 1. The van der Waals surface area contributed by atoms with Gasteiger partial charge in [-0.15, -0.1) is 11.8 Å². The number of rotatable bonds is 6. The van der Waals surface area contributed by atoms with E-state index < -0.39 is 0 Å². The summed E-state index contributed by atoms with van der Waals surface area (Å²) < 4.78 is 11.2. The maximum absolute atomic E-state index is 12.7. The number of nitrogens with one attached hydrogen (secondary N) is 1. The lowest BCUT2D eigenvalue weighted by Gasteiger charge is -2.24. The van der Waals surface area contributed by atoms with Crippen molar-refractivity contribution in [2.75, 3.05) is 31.4 Å². The Morgan fingerprint density at radius 2 is 1.87 bits per heavy atom. The van der Waals surface area contributed by atoms with E-state index in [0.717, 1.165) is 41.4 Å². The Balaban J connectivity index is 1.50. The molecule has 0 aliphatic carbocycles. The van der Waals surface area contributed by atoms with Crippen LogP contribution in [0.2, 0.25) is 0 Å². The van der Waals surface area contributed by atoms with Crippen LogP contribution in [-0.4, -0.2) is 32.4 Å². The van der Waals surface area contributed by atoms with Crippen LogP contribution in [0.3, 0.4) is 0 Å². The Morgan fingerprint density at radius 1 is 1.10 bits per heavy atom. The summed E-state index contributed by atoms with van der Waals surface area (Å²) in [5.41, 5.74) is 3.70. The molecular weight excluding hydrogens is 408 g/mol. The standard InChI is InChI=1S/C25H26N2O3S/c1-29-21-9-7-20(8-10-21)27-14-3-15-30-24-16-19(6-13-23(24)27)25(28)26-17-18-4-11-22(31-2)12-5-18/h4-13,16H,3,14-15,17H2,1-2H3,(H,26,28). The summed E-state index contributed by atoms with van der Waals surface area (Å²) in [7, 11) is 1.66. The summed E-state index contributed by atoms with van der Waals surface area (Å²) in [5.74, 6) is 1.44. The number of methoxy groups -OCH3 is 1. The zero-order valence-corrected chi connectivity index (χ0v) is 18.6. The van der Waals surface area contributed by atoms with Crippen molar-refractivity contribution in [1.29, 1.82) is 0 Å². The van der Waals surface area contributed by atoms with Crippen LogP contribution < -0.4 is 19.7 Å². The number of fused-ring (bicyclic) bond motifs is 1. The fourth-order valence-electron chi connectivity index (χ4n) is 3.58. The Bertz CT molecular complexity index is 1040. The molecule has 1 aliphatic rings. The molecule has 3 aromatic rings. The van der Waals surface area contributed by atoms with Crippen molar-refractivity contribution in [3.63, 3.8) is 0 Å². The lowest BCUT2D eigenvalue weighted by Crippen LogP contribution is -2.23. The predicted octanol–water partition coefficient (Wildman–Crippen LogP) is 5.27. The van der Waals surface area contributed by atoms with E-state index in [1.807, 2.05) is 60.9 Å². The minimum Gasteiger partial charge on any atom is -0.497 e. The smallest absolute Gasteiger partial charge is 0.251 e. The third-order valence-electron chi connectivity index (χ3n) is 5.29. The molecule has 0 saturated carbocycles. The Labute approximate surface area is 187 Å². The monoisotopic (exact) mass is 434 g/mol. The molecule has 1 N–H and O–H groups in total. The number of hydrogen-bond donors (Lipinski definition) is 1. The van der Waals surface area contributed by atoms with Crippen molar-refractivity contribution >= 4 is 29.0 Å². The highest BCUT2D eigenvalue weighted by Crippen LogP contribution is 2.37. The molecule has 0 bridgehead atoms. The summed E-state index contributed by atoms with van der Waals surface area (Å²) in [6.45, 7) is 1.95. The molecule has 31 heavy (non-hydrogen) atoms. The Kier molecular flexibility index (Phi) is 6.67. The van der Waals surface area contributed by atoms with E-state index >= 15 is 0 Å². The minimum atomic E-state index is -0.111. The first-order valence-corrected chi connectivity index (χ1v) is 11.5. The molecule has 0 spiro atoms. The molecule has 0 aromatic heterocycles. The SMILES string of the molecule is COc1ccc(N2CCCOc3cc(C(=O)NCc4ccc(SC)cc4)ccc32)cc1. The predicted molar refractivity (Wildman–Crippen MR) is 126 cm³/mol. The first-order valence-electron chi connectivity index (χ1n) is 10.3. The van der Waals surface area contributed by atoms with E-state index in [2.05, 4.69) is 22.3 Å². The molecule has 0 saturated heterocycles. The lowest BCUT2D eigenvalue weighted by molar-refractivity contribution is 0.0950. The summed E-state index contributed by atoms with van der Waals surface area (Å²) >= 11 is 1.70. The Hall–Kier alpha value is -3.12. The zero-order chi connectivity index (χ0) is 21.6. The molecule has 1 amide bonds. The van der Waals surface area contributed by atoms with Crippen molar-refractivity contribution in [3.8, 4) is 11.5 Å². The van der Waals surface area contributed by atoms with Crippen molar-refractivity contribution in [1.82, 2.24) is 5.32 Å². The number of carbonyl (C=O) groups excluding carboxylic acids is 1. The molecule has 5 nitrogen and oxygen atoms in total. The third-order valence-corrected chi connectivity index (χ3v) is 6.04. The van der Waals surface area contributed by atoms with Gasteiger partial charge in [0.25, 0.3) is 5.91 Å². The summed E-state index contributed by atoms with van der Waals surface area (Å²) in [4.78, 5) is 16.2. The second-order valence-corrected chi connectivity index (χ2v) is 8.14. The highest BCUT2D eigenvalue weighted by atomic mass is 32.2. The van der Waals surface area contributed by atoms with Crippen LogP contribution in [0, 0.1) is 0 Å². The number of amides is 1. The minimum absolute atomic E-state index is 0.111. The first-order chi connectivity index (χ1) is 15.2. The number of ether oxygens (including phenoxy) is 2. The van der Waals surface area contributed by atoms with Gasteiger partial charge in [0.15, 0.2) is 0 Å². The van der Waals surface area contributed by atoms with E-state index in [1.54, 1.807) is 18.9 Å². The number of benzene rings is 3. The van der Waals surface area contributed by atoms with Gasteiger partial charge in [-0.3, -0.25) is 4.79 Å². The fraction of sp³-hybridized carbons (Fsp3) is 0.240. The number of thioether (sulfide) groups is 1. The summed E-state index contributed by atoms with van der Waals surface area (Å²) in [6.07, 6.45) is 2.95. The average molecular weight is 435 g/mol. The Morgan fingerprint density at radius 3 is 2.58 bits per heavy atom. The highest BCUT2D eigenvalue weighted by Gasteiger charge is 2.20. The zero-order valence-electron chi connectivity index (χ0n) is 17.8. The third kappa shape index (κ3) is 4.97. The van der Waals surface area contributed by atoms with Gasteiger partial charge in [-0.1, -0.05) is 12.1 Å². The number of hydrogen-bond acceptors (Lipinski definition) is 5. The van der Waals surface area contributed by atoms with E-state index in [1.165, 1.54) is 4.90 Å². The van der Waals surface area contributed by atoms with Crippen molar-refractivity contribution in [2.24, 2.45) is 0 Å². The van der Waals surface area contributed by atoms with E-state index in [4.69, 9.17) is 9.47 Å². The molecule has 4 rings (SSSR count). The molecule has 0 radical (unpaired) electrons. The molecule has 1 aliphatic heterocycles. The van der Waals surface area contributed by atoms with Crippen LogP contribution >= 0.6 is 11.8 Å². The van der Waals surface area contributed by atoms with Crippen LogP contribution in [0.15, 0.2) is 71.6 Å². The van der Waals surface area contributed by atoms with Crippen molar-refractivity contribution < 1.29 is 14.3 Å². The molecule has 3 aromatic carbocycles. The number of nitrogens with zero attached hydrogens (tertiary/aromatic N) is 1. The van der Waals surface area contributed by atoms with Gasteiger partial charge in [-0.05, 0) is 72.8 Å². The molecule has 160 valence electrons. The van der Waals surface area contributed by atoms with E-state index in [0.29, 0.717) is 18.7 Å². The quantitative estimate of drug-likeness (QED) is 0.536. The summed E-state index contributed by atoms with van der Waals surface area (Å²) in [5, 5.41) is 3.00. The van der Waals surface area contributed by atoms with Gasteiger partial charge in [-0.25, -0.2) is 0 Å². The molecule has 0 atom stereocenters. The van der Waals surface area contributed by atoms with Crippen LogP contribution in [0.5, 0.6) is 11.5 Å². The average Bonchev–Trinajstić information content (AvgIpc) is 3.05. The van der Waals surface area contributed by atoms with Crippen LogP contribution in [0.25, 0.3) is 0 Å². The normalized spacial score (nSPS) is 13.0. The van der Waals surface area contributed by atoms with Gasteiger partial charge in [-0.2, -0.15) is 0 Å². The highest BCUT2D eigenvalue weighted by molar-refractivity contribution is 7.98. The lowest BCUT2D eigenvalue weighted by atomic mass is 10.1. The summed E-state index contributed by atoms with van der Waals surface area (Å²) in [6, 6.07) is 21.9. The van der Waals surface area contributed by atoms with Gasteiger partial charge >= 0.3 is 0 Å². The van der Waals surface area contributed by atoms with Crippen molar-refractivity contribution in [2.45, 2.75) is 17.9 Å². The van der Waals surface area contributed by atoms with Gasteiger partial charge < -0.3 is 19.7 Å². The fourth-order valence-corrected chi connectivity index (χ4v) is 3.99. The maximum atomic E-state index is 12.7. The van der Waals surface area contributed by atoms with E-state index in [-0.39, 0.29) is 5.91 Å². The topological polar surface area (TPSA) is 50.8 Å². The second-order valence-electron chi connectivity index (χ2n) is 7.26. The van der Waals surface area contributed by atoms with Crippen LogP contribution in [-0.2, 0) is 6.54 Å². The first kappa shape index (κ1) is 21.1. The molecule has 0 unspecified atom stereocenters. The van der Waals surface area contributed by atoms with Gasteiger partial charge in [0, 0.05) is 29.2 Å². The molecule has 1 heterocycles. The van der Waals surface area contributed by atoms with Gasteiger partial charge in [0.1, 0.15) is 11.5 Å². The van der Waals surface area contributed by atoms with Crippen molar-refractivity contribution in [3.05, 3.63) is 77.9 Å². The van der Waals surface area contributed by atoms with E-state index in [9.17, 15) is 4.79 Å². The maximum Gasteiger partial charge on any atom is 0.251 e.